The van der Waals surface area contributed by atoms with Crippen LogP contribution in [0.1, 0.15) is 29.5 Å². The van der Waals surface area contributed by atoms with Crippen LogP contribution in [0, 0.1) is 11.6 Å². The summed E-state index contributed by atoms with van der Waals surface area (Å²) in [6.07, 6.45) is 6.08. The maximum atomic E-state index is 13.7. The molecule has 0 aliphatic heterocycles. The fourth-order valence-corrected chi connectivity index (χ4v) is 2.51. The normalized spacial score (nSPS) is 14.2. The first-order chi connectivity index (χ1) is 13.5. The molecule has 144 valence electrons. The number of carbonyl (C=O) groups is 2. The van der Waals surface area contributed by atoms with Crippen molar-refractivity contribution in [2.75, 3.05) is 0 Å². The van der Waals surface area contributed by atoms with Crippen LogP contribution in [-0.2, 0) is 9.59 Å². The van der Waals surface area contributed by atoms with Gasteiger partial charge in [0.05, 0.1) is 0 Å². The Balaban J connectivity index is 1.89. The number of nitrogens with one attached hydrogen (secondary N) is 2. The molecule has 3 rings (SSSR count). The molecule has 0 aromatic heterocycles. The number of halogens is 2. The third kappa shape index (κ3) is 5.11. The van der Waals surface area contributed by atoms with E-state index in [1.807, 2.05) is 0 Å². The molecule has 1 fully saturated rings. The first kappa shape index (κ1) is 19.4. The zero-order valence-corrected chi connectivity index (χ0v) is 14.8. The summed E-state index contributed by atoms with van der Waals surface area (Å²) >= 11 is 0. The van der Waals surface area contributed by atoms with Crippen molar-refractivity contribution in [1.82, 2.24) is 10.8 Å². The van der Waals surface area contributed by atoms with E-state index >= 15 is 0 Å². The summed E-state index contributed by atoms with van der Waals surface area (Å²) in [6, 6.07) is 10.3. The Hall–Kier alpha value is -3.32. The van der Waals surface area contributed by atoms with E-state index in [1.54, 1.807) is 30.3 Å². The Morgan fingerprint density at radius 3 is 2.29 bits per heavy atom. The van der Waals surface area contributed by atoms with Gasteiger partial charge < -0.3 is 5.32 Å². The monoisotopic (exact) mass is 384 g/mol. The molecule has 0 saturated heterocycles. The van der Waals surface area contributed by atoms with Crippen LogP contribution in [0.15, 0.2) is 48.5 Å². The number of hydrogen-bond donors (Lipinski definition) is 3. The average Bonchev–Trinajstić information content (AvgIpc) is 3.51. The summed E-state index contributed by atoms with van der Waals surface area (Å²) in [4.78, 5) is 23.6. The zero-order valence-electron chi connectivity index (χ0n) is 14.8. The Labute approximate surface area is 160 Å². The largest absolute Gasteiger partial charge is 0.349 e. The predicted molar refractivity (Wildman–Crippen MR) is 101 cm³/mol. The van der Waals surface area contributed by atoms with Crippen molar-refractivity contribution in [3.05, 3.63) is 76.9 Å². The molecule has 3 N–H and O–H groups in total. The van der Waals surface area contributed by atoms with Crippen molar-refractivity contribution >= 4 is 29.5 Å². The minimum absolute atomic E-state index is 0.117. The first-order valence-corrected chi connectivity index (χ1v) is 8.66. The molecule has 0 unspecified atom stereocenters. The fraction of sp³-hybridized carbons (Fsp3) is 0.143. The number of carbonyl (C=O) groups excluding carboxylic acids is 2. The minimum Gasteiger partial charge on any atom is -0.349 e. The van der Waals surface area contributed by atoms with E-state index < -0.39 is 17.5 Å². The van der Waals surface area contributed by atoms with Crippen LogP contribution in [0.2, 0.25) is 0 Å². The first-order valence-electron chi connectivity index (χ1n) is 8.66. The SMILES string of the molecule is O=C(/C=C/c1ccc(/C=C(/C(=O)NC2CC2)c2ccc(F)c(F)c2)cc1)NO. The smallest absolute Gasteiger partial charge is 0.267 e. The standard InChI is InChI=1S/C21H18F2N2O3/c22-18-9-6-15(12-19(18)23)17(21(27)24-16-7-8-16)11-14-3-1-13(2-4-14)5-10-20(26)25-28/h1-6,9-12,16,28H,7-8H2,(H,24,27)(H,25,26)/b10-5+,17-11+. The molecule has 7 heteroatoms. The Bertz CT molecular complexity index is 949. The van der Waals surface area contributed by atoms with Crippen LogP contribution in [0.5, 0.6) is 0 Å². The van der Waals surface area contributed by atoms with Gasteiger partial charge in [0.2, 0.25) is 0 Å². The second-order valence-corrected chi connectivity index (χ2v) is 6.41. The van der Waals surface area contributed by atoms with Gasteiger partial charge in [-0.3, -0.25) is 14.8 Å². The second kappa shape index (κ2) is 8.58. The quantitative estimate of drug-likeness (QED) is 0.310. The van der Waals surface area contributed by atoms with Crippen LogP contribution < -0.4 is 10.8 Å². The van der Waals surface area contributed by atoms with Crippen molar-refractivity contribution in [2.45, 2.75) is 18.9 Å². The molecule has 5 nitrogen and oxygen atoms in total. The Morgan fingerprint density at radius 1 is 1.00 bits per heavy atom. The van der Waals surface area contributed by atoms with E-state index in [-0.39, 0.29) is 23.1 Å². The van der Waals surface area contributed by atoms with Crippen LogP contribution in [0.3, 0.4) is 0 Å². The molecular formula is C21H18F2N2O3. The summed E-state index contributed by atoms with van der Waals surface area (Å²) in [5.41, 5.74) is 3.39. The van der Waals surface area contributed by atoms with Crippen LogP contribution >= 0.6 is 0 Å². The lowest BCUT2D eigenvalue weighted by atomic mass is 10.0. The van der Waals surface area contributed by atoms with Gasteiger partial charge in [-0.05, 0) is 53.8 Å². The minimum atomic E-state index is -1.02. The molecule has 0 radical (unpaired) electrons. The van der Waals surface area contributed by atoms with Crippen molar-refractivity contribution < 1.29 is 23.6 Å². The van der Waals surface area contributed by atoms with Gasteiger partial charge in [0.15, 0.2) is 11.6 Å². The summed E-state index contributed by atoms with van der Waals surface area (Å²) in [6.45, 7) is 0. The highest BCUT2D eigenvalue weighted by Gasteiger charge is 2.25. The van der Waals surface area contributed by atoms with E-state index in [0.29, 0.717) is 11.1 Å². The molecular weight excluding hydrogens is 366 g/mol. The molecule has 2 aromatic carbocycles. The van der Waals surface area contributed by atoms with E-state index in [1.165, 1.54) is 23.7 Å². The second-order valence-electron chi connectivity index (χ2n) is 6.41. The van der Waals surface area contributed by atoms with Gasteiger partial charge in [-0.1, -0.05) is 30.3 Å². The molecule has 1 aliphatic rings. The van der Waals surface area contributed by atoms with E-state index in [0.717, 1.165) is 25.0 Å². The number of hydroxylamine groups is 1. The van der Waals surface area contributed by atoms with Crippen molar-refractivity contribution in [2.24, 2.45) is 0 Å². The van der Waals surface area contributed by atoms with Crippen LogP contribution in [0.25, 0.3) is 17.7 Å². The molecule has 2 amide bonds. The van der Waals surface area contributed by atoms with Gasteiger partial charge in [-0.2, -0.15) is 0 Å². The molecule has 0 bridgehead atoms. The van der Waals surface area contributed by atoms with Crippen molar-refractivity contribution in [3.8, 4) is 0 Å². The highest BCUT2D eigenvalue weighted by Crippen LogP contribution is 2.24. The lowest BCUT2D eigenvalue weighted by Gasteiger charge is -2.10. The van der Waals surface area contributed by atoms with Crippen molar-refractivity contribution in [1.29, 1.82) is 0 Å². The molecule has 0 heterocycles. The molecule has 2 aromatic rings. The topological polar surface area (TPSA) is 78.4 Å². The summed E-state index contributed by atoms with van der Waals surface area (Å²) in [5, 5.41) is 11.3. The maximum absolute atomic E-state index is 13.7. The lowest BCUT2D eigenvalue weighted by Crippen LogP contribution is -2.26. The molecule has 1 saturated carbocycles. The Kier molecular flexibility index (Phi) is 5.96. The maximum Gasteiger partial charge on any atom is 0.267 e. The van der Waals surface area contributed by atoms with Gasteiger partial charge in [-0.15, -0.1) is 0 Å². The summed E-state index contributed by atoms with van der Waals surface area (Å²) in [5.74, 6) is -3.00. The summed E-state index contributed by atoms with van der Waals surface area (Å²) < 4.78 is 26.9. The van der Waals surface area contributed by atoms with Gasteiger partial charge >= 0.3 is 0 Å². The van der Waals surface area contributed by atoms with E-state index in [4.69, 9.17) is 5.21 Å². The van der Waals surface area contributed by atoms with E-state index in [9.17, 15) is 18.4 Å². The number of rotatable bonds is 6. The summed E-state index contributed by atoms with van der Waals surface area (Å²) in [7, 11) is 0. The third-order valence-electron chi connectivity index (χ3n) is 4.17. The highest BCUT2D eigenvalue weighted by molar-refractivity contribution is 6.24. The lowest BCUT2D eigenvalue weighted by molar-refractivity contribution is -0.124. The Morgan fingerprint density at radius 2 is 1.68 bits per heavy atom. The average molecular weight is 384 g/mol. The van der Waals surface area contributed by atoms with Crippen molar-refractivity contribution in [3.63, 3.8) is 0 Å². The van der Waals surface area contributed by atoms with Gasteiger partial charge in [0, 0.05) is 17.7 Å². The van der Waals surface area contributed by atoms with E-state index in [2.05, 4.69) is 5.32 Å². The predicted octanol–water partition coefficient (Wildman–Crippen LogP) is 3.30. The highest BCUT2D eigenvalue weighted by atomic mass is 19.2. The molecule has 0 atom stereocenters. The third-order valence-corrected chi connectivity index (χ3v) is 4.17. The van der Waals surface area contributed by atoms with Gasteiger partial charge in [0.1, 0.15) is 0 Å². The number of hydrogen-bond acceptors (Lipinski definition) is 3. The zero-order chi connectivity index (χ0) is 20.1. The number of amides is 2. The van der Waals surface area contributed by atoms with Gasteiger partial charge in [-0.25, -0.2) is 14.3 Å². The fourth-order valence-electron chi connectivity index (χ4n) is 2.51. The molecule has 1 aliphatic carbocycles. The molecule has 28 heavy (non-hydrogen) atoms. The van der Waals surface area contributed by atoms with Gasteiger partial charge in [0.25, 0.3) is 11.8 Å². The van der Waals surface area contributed by atoms with Crippen LogP contribution in [0.4, 0.5) is 8.78 Å². The number of benzene rings is 2. The molecule has 0 spiro atoms. The van der Waals surface area contributed by atoms with Crippen LogP contribution in [-0.4, -0.2) is 23.1 Å².